The number of ether oxygens (including phenoxy) is 1. The second kappa shape index (κ2) is 9.00. The highest BCUT2D eigenvalue weighted by atomic mass is 19.4. The Balaban J connectivity index is 2.02. The van der Waals surface area contributed by atoms with Gasteiger partial charge in [0.2, 0.25) is 11.8 Å². The second-order valence-electron chi connectivity index (χ2n) is 6.13. The van der Waals surface area contributed by atoms with Crippen LogP contribution in [0.3, 0.4) is 0 Å². The Hall–Kier alpha value is -2.69. The van der Waals surface area contributed by atoms with E-state index in [1.54, 1.807) is 0 Å². The van der Waals surface area contributed by atoms with E-state index in [1.165, 1.54) is 12.0 Å². The van der Waals surface area contributed by atoms with Crippen LogP contribution in [0.5, 0.6) is 0 Å². The van der Waals surface area contributed by atoms with Gasteiger partial charge in [-0.3, -0.25) is 19.3 Å². The van der Waals surface area contributed by atoms with E-state index in [-0.39, 0.29) is 31.6 Å². The maximum atomic E-state index is 13.1. The molecule has 0 saturated carbocycles. The lowest BCUT2D eigenvalue weighted by molar-refractivity contribution is -0.146. The molecule has 154 valence electrons. The van der Waals surface area contributed by atoms with Crippen molar-refractivity contribution >= 4 is 17.8 Å². The van der Waals surface area contributed by atoms with E-state index in [0.717, 1.165) is 12.1 Å². The van der Waals surface area contributed by atoms with Gasteiger partial charge in [-0.25, -0.2) is 4.39 Å². The molecule has 0 spiro atoms. The first kappa shape index (κ1) is 21.6. The minimum absolute atomic E-state index is 0.258. The maximum absolute atomic E-state index is 13.1. The Labute approximate surface area is 158 Å². The molecular formula is C17H19F4N3O4. The van der Waals surface area contributed by atoms with Crippen LogP contribution in [0.2, 0.25) is 0 Å². The Morgan fingerprint density at radius 1 is 1.36 bits per heavy atom. The minimum atomic E-state index is -4.77. The summed E-state index contributed by atoms with van der Waals surface area (Å²) in [6.07, 6.45) is -5.02. The average Bonchev–Trinajstić information content (AvgIpc) is 2.62. The number of amides is 2. The monoisotopic (exact) mass is 405 g/mol. The van der Waals surface area contributed by atoms with E-state index >= 15 is 0 Å². The summed E-state index contributed by atoms with van der Waals surface area (Å²) in [5.41, 5.74) is -1.46. The van der Waals surface area contributed by atoms with E-state index in [1.807, 2.05) is 0 Å². The van der Waals surface area contributed by atoms with Crippen molar-refractivity contribution in [1.29, 1.82) is 0 Å². The number of nitrogens with zero attached hydrogens (tertiary/aromatic N) is 1. The Kier molecular flexibility index (Phi) is 6.95. The summed E-state index contributed by atoms with van der Waals surface area (Å²) < 4.78 is 56.7. The molecule has 1 aliphatic rings. The summed E-state index contributed by atoms with van der Waals surface area (Å²) in [4.78, 5) is 37.0. The van der Waals surface area contributed by atoms with Gasteiger partial charge in [0, 0.05) is 19.6 Å². The van der Waals surface area contributed by atoms with Crippen LogP contribution in [0.15, 0.2) is 18.2 Å². The van der Waals surface area contributed by atoms with E-state index in [0.29, 0.717) is 6.07 Å². The standard InChI is InChI=1S/C17H19F4N3O4/c1-28-15(26)7-13-16(27)22-4-5-24(13)9-14(25)23-8-10-2-3-11(18)6-12(10)17(19,20)21/h2-3,6,13H,4-5,7-9H2,1H3,(H,22,27)(H,23,25). The number of halogens is 4. The summed E-state index contributed by atoms with van der Waals surface area (Å²) >= 11 is 0. The number of nitrogens with one attached hydrogen (secondary N) is 2. The van der Waals surface area contributed by atoms with Crippen molar-refractivity contribution in [2.45, 2.75) is 25.2 Å². The van der Waals surface area contributed by atoms with Crippen molar-refractivity contribution in [2.75, 3.05) is 26.7 Å². The normalized spacial score (nSPS) is 17.8. The zero-order chi connectivity index (χ0) is 20.9. The number of methoxy groups -OCH3 is 1. The number of carbonyl (C=O) groups excluding carboxylic acids is 3. The molecule has 7 nitrogen and oxygen atoms in total. The molecule has 1 unspecified atom stereocenters. The third-order valence-electron chi connectivity index (χ3n) is 4.23. The Morgan fingerprint density at radius 2 is 2.07 bits per heavy atom. The summed E-state index contributed by atoms with van der Waals surface area (Å²) in [6.45, 7) is -0.210. The van der Waals surface area contributed by atoms with Crippen molar-refractivity contribution in [1.82, 2.24) is 15.5 Å². The van der Waals surface area contributed by atoms with Gasteiger partial charge in [-0.05, 0) is 17.7 Å². The fourth-order valence-electron chi connectivity index (χ4n) is 2.82. The maximum Gasteiger partial charge on any atom is 0.416 e. The quantitative estimate of drug-likeness (QED) is 0.541. The molecule has 2 N–H and O–H groups in total. The summed E-state index contributed by atoms with van der Waals surface area (Å²) in [7, 11) is 1.17. The molecule has 28 heavy (non-hydrogen) atoms. The van der Waals surface area contributed by atoms with Gasteiger partial charge in [-0.1, -0.05) is 6.07 Å². The summed E-state index contributed by atoms with van der Waals surface area (Å²) in [5.74, 6) is -2.75. The molecule has 11 heteroatoms. The molecule has 1 aromatic carbocycles. The van der Waals surface area contributed by atoms with Crippen molar-refractivity contribution in [3.8, 4) is 0 Å². The molecule has 0 aliphatic carbocycles. The van der Waals surface area contributed by atoms with Crippen molar-refractivity contribution in [3.63, 3.8) is 0 Å². The summed E-state index contributed by atoms with van der Waals surface area (Å²) in [5, 5.41) is 4.90. The lowest BCUT2D eigenvalue weighted by atomic mass is 10.1. The van der Waals surface area contributed by atoms with Gasteiger partial charge in [-0.15, -0.1) is 0 Å². The number of hydrogen-bond acceptors (Lipinski definition) is 5. The van der Waals surface area contributed by atoms with E-state index in [2.05, 4.69) is 15.4 Å². The van der Waals surface area contributed by atoms with Crippen LogP contribution in [0.25, 0.3) is 0 Å². The van der Waals surface area contributed by atoms with Gasteiger partial charge in [-0.2, -0.15) is 13.2 Å². The Bertz CT molecular complexity index is 754. The minimum Gasteiger partial charge on any atom is -0.469 e. The fraction of sp³-hybridized carbons (Fsp3) is 0.471. The van der Waals surface area contributed by atoms with Crippen LogP contribution in [0, 0.1) is 5.82 Å². The van der Waals surface area contributed by atoms with Crippen LogP contribution in [0.1, 0.15) is 17.5 Å². The molecule has 0 bridgehead atoms. The average molecular weight is 405 g/mol. The number of alkyl halides is 3. The van der Waals surface area contributed by atoms with Gasteiger partial charge in [0.25, 0.3) is 0 Å². The predicted molar refractivity (Wildman–Crippen MR) is 88.3 cm³/mol. The first-order chi connectivity index (χ1) is 13.1. The molecule has 1 atom stereocenters. The van der Waals surface area contributed by atoms with Crippen LogP contribution >= 0.6 is 0 Å². The topological polar surface area (TPSA) is 87.7 Å². The molecule has 2 amide bonds. The molecule has 1 heterocycles. The number of piperazine rings is 1. The van der Waals surface area contributed by atoms with Crippen LogP contribution in [-0.4, -0.2) is 55.5 Å². The lowest BCUT2D eigenvalue weighted by Gasteiger charge is -2.33. The van der Waals surface area contributed by atoms with Crippen LogP contribution in [0.4, 0.5) is 17.6 Å². The number of esters is 1. The highest BCUT2D eigenvalue weighted by molar-refractivity contribution is 5.88. The largest absolute Gasteiger partial charge is 0.469 e. The zero-order valence-corrected chi connectivity index (χ0v) is 14.9. The predicted octanol–water partition coefficient (Wildman–Crippen LogP) is 0.824. The molecular weight excluding hydrogens is 386 g/mol. The van der Waals surface area contributed by atoms with Crippen LogP contribution < -0.4 is 10.6 Å². The van der Waals surface area contributed by atoms with E-state index in [4.69, 9.17) is 0 Å². The van der Waals surface area contributed by atoms with Crippen molar-refractivity contribution < 1.29 is 36.7 Å². The smallest absolute Gasteiger partial charge is 0.416 e. The highest BCUT2D eigenvalue weighted by Crippen LogP contribution is 2.32. The second-order valence-corrected chi connectivity index (χ2v) is 6.13. The van der Waals surface area contributed by atoms with Crippen molar-refractivity contribution in [3.05, 3.63) is 35.1 Å². The molecule has 2 rings (SSSR count). The van der Waals surface area contributed by atoms with Crippen molar-refractivity contribution in [2.24, 2.45) is 0 Å². The van der Waals surface area contributed by atoms with Gasteiger partial charge in [0.1, 0.15) is 11.9 Å². The lowest BCUT2D eigenvalue weighted by Crippen LogP contribution is -2.57. The fourth-order valence-corrected chi connectivity index (χ4v) is 2.82. The molecule has 0 radical (unpaired) electrons. The van der Waals surface area contributed by atoms with E-state index < -0.39 is 47.9 Å². The van der Waals surface area contributed by atoms with E-state index in [9.17, 15) is 31.9 Å². The van der Waals surface area contributed by atoms with Gasteiger partial charge in [0.15, 0.2) is 0 Å². The third-order valence-corrected chi connectivity index (χ3v) is 4.23. The first-order valence-electron chi connectivity index (χ1n) is 8.32. The van der Waals surface area contributed by atoms with Gasteiger partial charge < -0.3 is 15.4 Å². The summed E-state index contributed by atoms with van der Waals surface area (Å²) in [6, 6.07) is 1.27. The highest BCUT2D eigenvalue weighted by Gasteiger charge is 2.35. The number of carbonyl (C=O) groups is 3. The first-order valence-corrected chi connectivity index (χ1v) is 8.32. The van der Waals surface area contributed by atoms with Crippen LogP contribution in [-0.2, 0) is 31.8 Å². The third kappa shape index (κ3) is 5.65. The van der Waals surface area contributed by atoms with Gasteiger partial charge >= 0.3 is 12.1 Å². The molecule has 1 aliphatic heterocycles. The number of benzene rings is 1. The Morgan fingerprint density at radius 3 is 2.71 bits per heavy atom. The number of hydrogen-bond donors (Lipinski definition) is 2. The molecule has 1 fully saturated rings. The van der Waals surface area contributed by atoms with Gasteiger partial charge in [0.05, 0.1) is 25.6 Å². The molecule has 1 aromatic rings. The molecule has 0 aromatic heterocycles. The number of rotatable bonds is 6. The molecule has 1 saturated heterocycles. The SMILES string of the molecule is COC(=O)CC1C(=O)NCCN1CC(=O)NCc1ccc(F)cc1C(F)(F)F. The zero-order valence-electron chi connectivity index (χ0n) is 14.9.